The van der Waals surface area contributed by atoms with Crippen LogP contribution >= 0.6 is 11.6 Å². The van der Waals surface area contributed by atoms with Crippen molar-refractivity contribution < 1.29 is 14.3 Å². The van der Waals surface area contributed by atoms with Crippen molar-refractivity contribution in [1.29, 1.82) is 0 Å². The molecule has 0 aliphatic heterocycles. The van der Waals surface area contributed by atoms with Gasteiger partial charge in [0.15, 0.2) is 6.61 Å². The summed E-state index contributed by atoms with van der Waals surface area (Å²) in [5.74, 6) is -0.139. The molecule has 0 fully saturated rings. The van der Waals surface area contributed by atoms with Crippen LogP contribution in [0.25, 0.3) is 0 Å². The number of halogens is 1. The van der Waals surface area contributed by atoms with Crippen LogP contribution in [0.2, 0.25) is 5.02 Å². The van der Waals surface area contributed by atoms with Crippen LogP contribution in [0, 0.1) is 13.8 Å². The Hall–Kier alpha value is -3.31. The summed E-state index contributed by atoms with van der Waals surface area (Å²) in [7, 11) is 0. The van der Waals surface area contributed by atoms with Crippen molar-refractivity contribution in [3.05, 3.63) is 88.4 Å². The highest BCUT2D eigenvalue weighted by atomic mass is 35.5. The quantitative estimate of drug-likeness (QED) is 0.587. The molecule has 29 heavy (non-hydrogen) atoms. The molecule has 5 nitrogen and oxygen atoms in total. The van der Waals surface area contributed by atoms with Crippen LogP contribution in [0.15, 0.2) is 66.7 Å². The summed E-state index contributed by atoms with van der Waals surface area (Å²) in [6.07, 6.45) is 0. The smallest absolute Gasteiger partial charge is 0.262 e. The van der Waals surface area contributed by atoms with Crippen LogP contribution in [-0.2, 0) is 4.79 Å². The van der Waals surface area contributed by atoms with Gasteiger partial charge in [-0.1, -0.05) is 29.8 Å². The van der Waals surface area contributed by atoms with Gasteiger partial charge < -0.3 is 15.4 Å². The molecule has 0 aromatic heterocycles. The van der Waals surface area contributed by atoms with Crippen LogP contribution < -0.4 is 15.4 Å². The minimum absolute atomic E-state index is 0.186. The predicted octanol–water partition coefficient (Wildman–Crippen LogP) is 5.23. The van der Waals surface area contributed by atoms with E-state index in [-0.39, 0.29) is 18.4 Å². The maximum Gasteiger partial charge on any atom is 0.262 e. The number of ether oxygens (including phenoxy) is 1. The lowest BCUT2D eigenvalue weighted by Crippen LogP contribution is -2.22. The number of aryl methyl sites for hydroxylation is 2. The number of nitrogens with one attached hydrogen (secondary N) is 2. The standard InChI is InChI=1S/C23H21ClN2O3/c1-15-7-10-18(13-16(15)2)25-23(28)20-5-3-4-6-21(20)26-22(27)14-29-19-11-8-17(24)9-12-19/h3-13H,14H2,1-2H3,(H,25,28)(H,26,27). The van der Waals surface area contributed by atoms with Crippen molar-refractivity contribution in [2.45, 2.75) is 13.8 Å². The normalized spacial score (nSPS) is 10.3. The van der Waals surface area contributed by atoms with Gasteiger partial charge >= 0.3 is 0 Å². The number of carbonyl (C=O) groups excluding carboxylic acids is 2. The fraction of sp³-hybridized carbons (Fsp3) is 0.130. The molecule has 3 aromatic carbocycles. The van der Waals surface area contributed by atoms with Gasteiger partial charge in [-0.15, -0.1) is 0 Å². The summed E-state index contributed by atoms with van der Waals surface area (Å²) < 4.78 is 5.44. The first-order valence-electron chi connectivity index (χ1n) is 9.08. The molecular weight excluding hydrogens is 388 g/mol. The van der Waals surface area contributed by atoms with E-state index in [1.54, 1.807) is 48.5 Å². The van der Waals surface area contributed by atoms with Gasteiger partial charge in [-0.25, -0.2) is 0 Å². The zero-order valence-electron chi connectivity index (χ0n) is 16.2. The third-order valence-electron chi connectivity index (χ3n) is 4.39. The first kappa shape index (κ1) is 20.4. The number of hydrogen-bond acceptors (Lipinski definition) is 3. The van der Waals surface area contributed by atoms with Crippen molar-refractivity contribution in [3.8, 4) is 5.75 Å². The second-order valence-corrected chi connectivity index (χ2v) is 7.03. The van der Waals surface area contributed by atoms with Crippen LogP contribution in [0.4, 0.5) is 11.4 Å². The molecule has 6 heteroatoms. The summed E-state index contributed by atoms with van der Waals surface area (Å²) in [6, 6.07) is 19.3. The molecule has 2 N–H and O–H groups in total. The average molecular weight is 409 g/mol. The van der Waals surface area contributed by atoms with Gasteiger partial charge in [0.05, 0.1) is 11.3 Å². The molecule has 0 radical (unpaired) electrons. The van der Waals surface area contributed by atoms with Crippen LogP contribution in [0.5, 0.6) is 5.75 Å². The molecule has 0 saturated carbocycles. The van der Waals surface area contributed by atoms with Crippen LogP contribution in [-0.4, -0.2) is 18.4 Å². The van der Waals surface area contributed by atoms with Gasteiger partial charge in [0, 0.05) is 10.7 Å². The Morgan fingerprint density at radius 2 is 1.62 bits per heavy atom. The molecule has 0 heterocycles. The zero-order chi connectivity index (χ0) is 20.8. The van der Waals surface area contributed by atoms with E-state index in [0.717, 1.165) is 11.1 Å². The highest BCUT2D eigenvalue weighted by Gasteiger charge is 2.14. The SMILES string of the molecule is Cc1ccc(NC(=O)c2ccccc2NC(=O)COc2ccc(Cl)cc2)cc1C. The summed E-state index contributed by atoms with van der Waals surface area (Å²) in [4.78, 5) is 25.0. The third-order valence-corrected chi connectivity index (χ3v) is 4.65. The number of benzene rings is 3. The fourth-order valence-corrected chi connectivity index (χ4v) is 2.80. The van der Waals surface area contributed by atoms with Gasteiger partial charge in [0.1, 0.15) is 5.75 Å². The number of amides is 2. The average Bonchev–Trinajstić information content (AvgIpc) is 2.71. The molecule has 0 bridgehead atoms. The number of hydrogen-bond donors (Lipinski definition) is 2. The van der Waals surface area contributed by atoms with Gasteiger partial charge in [0.25, 0.3) is 11.8 Å². The molecule has 3 aromatic rings. The molecule has 0 atom stereocenters. The maximum atomic E-state index is 12.7. The molecule has 2 amide bonds. The number of carbonyl (C=O) groups is 2. The van der Waals surface area contributed by atoms with Gasteiger partial charge in [-0.3, -0.25) is 9.59 Å². The molecule has 0 saturated heterocycles. The summed E-state index contributed by atoms with van der Waals surface area (Å²) in [5.41, 5.74) is 3.72. The lowest BCUT2D eigenvalue weighted by Gasteiger charge is -2.13. The predicted molar refractivity (Wildman–Crippen MR) is 116 cm³/mol. The van der Waals surface area contributed by atoms with E-state index in [0.29, 0.717) is 27.7 Å². The lowest BCUT2D eigenvalue weighted by atomic mass is 10.1. The van der Waals surface area contributed by atoms with Crippen molar-refractivity contribution >= 4 is 34.8 Å². The Kier molecular flexibility index (Phi) is 6.52. The minimum atomic E-state index is -0.369. The minimum Gasteiger partial charge on any atom is -0.484 e. The Balaban J connectivity index is 1.65. The van der Waals surface area contributed by atoms with Gasteiger partial charge in [-0.2, -0.15) is 0 Å². The van der Waals surface area contributed by atoms with Crippen molar-refractivity contribution in [3.63, 3.8) is 0 Å². The maximum absolute atomic E-state index is 12.7. The van der Waals surface area contributed by atoms with Crippen molar-refractivity contribution in [2.24, 2.45) is 0 Å². The van der Waals surface area contributed by atoms with E-state index in [4.69, 9.17) is 16.3 Å². The lowest BCUT2D eigenvalue weighted by molar-refractivity contribution is -0.118. The van der Waals surface area contributed by atoms with E-state index < -0.39 is 0 Å². The Morgan fingerprint density at radius 1 is 0.897 bits per heavy atom. The molecular formula is C23H21ClN2O3. The van der Waals surface area contributed by atoms with Gasteiger partial charge in [0.2, 0.25) is 0 Å². The summed E-state index contributed by atoms with van der Waals surface area (Å²) >= 11 is 5.83. The molecule has 148 valence electrons. The van der Waals surface area contributed by atoms with Crippen molar-refractivity contribution in [1.82, 2.24) is 0 Å². The Labute approximate surface area is 174 Å². The highest BCUT2D eigenvalue weighted by Crippen LogP contribution is 2.20. The van der Waals surface area contributed by atoms with Crippen LogP contribution in [0.3, 0.4) is 0 Å². The second-order valence-electron chi connectivity index (χ2n) is 6.59. The third kappa shape index (κ3) is 5.59. The summed E-state index contributed by atoms with van der Waals surface area (Å²) in [6.45, 7) is 3.81. The molecule has 0 aliphatic rings. The largest absolute Gasteiger partial charge is 0.484 e. The Bertz CT molecular complexity index is 1030. The van der Waals surface area contributed by atoms with Crippen LogP contribution in [0.1, 0.15) is 21.5 Å². The Morgan fingerprint density at radius 3 is 2.34 bits per heavy atom. The van der Waals surface area contributed by atoms with E-state index in [1.165, 1.54) is 0 Å². The van der Waals surface area contributed by atoms with E-state index in [1.807, 2.05) is 32.0 Å². The summed E-state index contributed by atoms with van der Waals surface area (Å²) in [5, 5.41) is 6.19. The van der Waals surface area contributed by atoms with E-state index in [9.17, 15) is 9.59 Å². The second kappa shape index (κ2) is 9.26. The van der Waals surface area contributed by atoms with E-state index in [2.05, 4.69) is 10.6 Å². The van der Waals surface area contributed by atoms with Gasteiger partial charge in [-0.05, 0) is 73.5 Å². The monoisotopic (exact) mass is 408 g/mol. The van der Waals surface area contributed by atoms with E-state index >= 15 is 0 Å². The number of anilines is 2. The number of rotatable bonds is 6. The highest BCUT2D eigenvalue weighted by molar-refractivity contribution is 6.30. The first-order chi connectivity index (χ1) is 13.9. The number of para-hydroxylation sites is 1. The molecule has 0 aliphatic carbocycles. The molecule has 0 unspecified atom stereocenters. The first-order valence-corrected chi connectivity index (χ1v) is 9.46. The van der Waals surface area contributed by atoms with Crippen molar-refractivity contribution in [2.75, 3.05) is 17.2 Å². The molecule has 3 rings (SSSR count). The zero-order valence-corrected chi connectivity index (χ0v) is 16.9. The topological polar surface area (TPSA) is 67.4 Å². The molecule has 0 spiro atoms. The fourth-order valence-electron chi connectivity index (χ4n) is 2.67.